The Labute approximate surface area is 94.4 Å². The Morgan fingerprint density at radius 2 is 2.00 bits per heavy atom. The van der Waals surface area contributed by atoms with Gasteiger partial charge in [-0.3, -0.25) is 4.90 Å². The Balaban J connectivity index is 1.86. The second-order valence-electron chi connectivity index (χ2n) is 5.78. The van der Waals surface area contributed by atoms with E-state index in [-0.39, 0.29) is 0 Å². The third-order valence-electron chi connectivity index (χ3n) is 4.40. The van der Waals surface area contributed by atoms with Crippen molar-refractivity contribution < 1.29 is 0 Å². The quantitative estimate of drug-likeness (QED) is 0.751. The van der Waals surface area contributed by atoms with Crippen LogP contribution < -0.4 is 5.32 Å². The Hall–Kier alpha value is -0.0800. The smallest absolute Gasteiger partial charge is 0.0193 e. The van der Waals surface area contributed by atoms with Gasteiger partial charge in [-0.05, 0) is 32.1 Å². The number of hydrogen-bond acceptors (Lipinski definition) is 2. The van der Waals surface area contributed by atoms with Crippen LogP contribution in [-0.4, -0.2) is 36.6 Å². The van der Waals surface area contributed by atoms with Crippen molar-refractivity contribution in [1.29, 1.82) is 0 Å². The first-order valence-corrected chi connectivity index (χ1v) is 6.64. The summed E-state index contributed by atoms with van der Waals surface area (Å²) in [6, 6.07) is 1.41. The minimum Gasteiger partial charge on any atom is -0.311 e. The van der Waals surface area contributed by atoms with E-state index < -0.39 is 0 Å². The summed E-state index contributed by atoms with van der Waals surface area (Å²) < 4.78 is 0. The zero-order valence-electron chi connectivity index (χ0n) is 10.5. The van der Waals surface area contributed by atoms with E-state index in [1.165, 1.54) is 38.9 Å². The second-order valence-corrected chi connectivity index (χ2v) is 5.78. The van der Waals surface area contributed by atoms with Crippen LogP contribution in [0, 0.1) is 11.8 Å². The van der Waals surface area contributed by atoms with Gasteiger partial charge in [-0.25, -0.2) is 0 Å². The average molecular weight is 210 g/mol. The maximum Gasteiger partial charge on any atom is 0.0193 e. The van der Waals surface area contributed by atoms with Crippen molar-refractivity contribution in [3.63, 3.8) is 0 Å². The molecule has 1 saturated carbocycles. The van der Waals surface area contributed by atoms with Crippen molar-refractivity contribution in [2.75, 3.05) is 19.6 Å². The summed E-state index contributed by atoms with van der Waals surface area (Å²) in [6.45, 7) is 10.9. The number of nitrogens with zero attached hydrogens (tertiary/aromatic N) is 1. The molecule has 0 aromatic carbocycles. The van der Waals surface area contributed by atoms with Gasteiger partial charge in [0.15, 0.2) is 0 Å². The molecule has 1 N–H and O–H groups in total. The highest BCUT2D eigenvalue weighted by atomic mass is 15.2. The SMILES string of the molecule is CC1CN(CC2CCCC2C)C(C)CN1. The summed E-state index contributed by atoms with van der Waals surface area (Å²) in [6.07, 6.45) is 4.38. The first kappa shape index (κ1) is 11.4. The van der Waals surface area contributed by atoms with Gasteiger partial charge in [0.25, 0.3) is 0 Å². The zero-order chi connectivity index (χ0) is 10.8. The van der Waals surface area contributed by atoms with Gasteiger partial charge in [0.2, 0.25) is 0 Å². The first-order chi connectivity index (χ1) is 7.16. The van der Waals surface area contributed by atoms with Gasteiger partial charge in [-0.1, -0.05) is 19.8 Å². The summed E-state index contributed by atoms with van der Waals surface area (Å²) in [5.41, 5.74) is 0. The average Bonchev–Trinajstić information content (AvgIpc) is 2.58. The molecule has 88 valence electrons. The summed E-state index contributed by atoms with van der Waals surface area (Å²) in [5, 5.41) is 3.56. The van der Waals surface area contributed by atoms with Crippen molar-refractivity contribution >= 4 is 0 Å². The van der Waals surface area contributed by atoms with Crippen molar-refractivity contribution in [3.05, 3.63) is 0 Å². The molecule has 1 aliphatic heterocycles. The van der Waals surface area contributed by atoms with E-state index in [0.717, 1.165) is 17.9 Å². The third kappa shape index (κ3) is 2.73. The first-order valence-electron chi connectivity index (χ1n) is 6.64. The van der Waals surface area contributed by atoms with Crippen molar-refractivity contribution in [1.82, 2.24) is 10.2 Å². The molecular weight excluding hydrogens is 184 g/mol. The topological polar surface area (TPSA) is 15.3 Å². The van der Waals surface area contributed by atoms with E-state index in [0.29, 0.717) is 6.04 Å². The normalized spacial score (nSPS) is 43.4. The van der Waals surface area contributed by atoms with Crippen molar-refractivity contribution in [2.24, 2.45) is 11.8 Å². The van der Waals surface area contributed by atoms with Crippen LogP contribution in [0.4, 0.5) is 0 Å². The van der Waals surface area contributed by atoms with Crippen LogP contribution >= 0.6 is 0 Å². The van der Waals surface area contributed by atoms with E-state index >= 15 is 0 Å². The Kier molecular flexibility index (Phi) is 3.68. The predicted molar refractivity (Wildman–Crippen MR) is 65.0 cm³/mol. The molecule has 1 heterocycles. The predicted octanol–water partition coefficient (Wildman–Crippen LogP) is 2.10. The maximum absolute atomic E-state index is 3.56. The van der Waals surface area contributed by atoms with E-state index in [1.54, 1.807) is 0 Å². The van der Waals surface area contributed by atoms with Gasteiger partial charge in [-0.15, -0.1) is 0 Å². The largest absolute Gasteiger partial charge is 0.311 e. The Morgan fingerprint density at radius 1 is 1.20 bits per heavy atom. The van der Waals surface area contributed by atoms with Crippen molar-refractivity contribution in [3.8, 4) is 0 Å². The lowest BCUT2D eigenvalue weighted by atomic mass is 9.96. The molecule has 4 atom stereocenters. The van der Waals surface area contributed by atoms with Crippen LogP contribution in [0.3, 0.4) is 0 Å². The monoisotopic (exact) mass is 210 g/mol. The molecule has 0 spiro atoms. The molecule has 0 amide bonds. The molecule has 0 aromatic heterocycles. The van der Waals surface area contributed by atoms with Crippen molar-refractivity contribution in [2.45, 2.75) is 52.1 Å². The van der Waals surface area contributed by atoms with Crippen LogP contribution in [-0.2, 0) is 0 Å². The number of nitrogens with one attached hydrogen (secondary N) is 1. The van der Waals surface area contributed by atoms with Gasteiger partial charge in [0.05, 0.1) is 0 Å². The van der Waals surface area contributed by atoms with Gasteiger partial charge >= 0.3 is 0 Å². The standard InChI is InChI=1S/C13H26N2/c1-10-5-4-6-13(10)9-15-8-11(2)14-7-12(15)3/h10-14H,4-9H2,1-3H3. The molecule has 15 heavy (non-hydrogen) atoms. The van der Waals surface area contributed by atoms with E-state index in [1.807, 2.05) is 0 Å². The molecule has 2 heteroatoms. The molecule has 1 aliphatic carbocycles. The lowest BCUT2D eigenvalue weighted by Gasteiger charge is -2.39. The van der Waals surface area contributed by atoms with E-state index in [2.05, 4.69) is 31.0 Å². The Bertz CT molecular complexity index is 205. The summed E-state index contributed by atoms with van der Waals surface area (Å²) >= 11 is 0. The molecule has 4 unspecified atom stereocenters. The van der Waals surface area contributed by atoms with Crippen LogP contribution in [0.25, 0.3) is 0 Å². The molecule has 2 nitrogen and oxygen atoms in total. The fourth-order valence-electron chi connectivity index (χ4n) is 3.15. The van der Waals surface area contributed by atoms with Gasteiger partial charge in [0, 0.05) is 31.7 Å². The van der Waals surface area contributed by atoms with Gasteiger partial charge < -0.3 is 5.32 Å². The molecule has 0 bridgehead atoms. The minimum atomic E-state index is 0.679. The molecule has 2 fully saturated rings. The maximum atomic E-state index is 3.56. The van der Waals surface area contributed by atoms with Gasteiger partial charge in [-0.2, -0.15) is 0 Å². The molecule has 0 radical (unpaired) electrons. The zero-order valence-corrected chi connectivity index (χ0v) is 10.5. The van der Waals surface area contributed by atoms with Crippen LogP contribution in [0.15, 0.2) is 0 Å². The number of piperazine rings is 1. The van der Waals surface area contributed by atoms with Crippen LogP contribution in [0.5, 0.6) is 0 Å². The summed E-state index contributed by atoms with van der Waals surface area (Å²) in [5.74, 6) is 1.93. The highest BCUT2D eigenvalue weighted by molar-refractivity contribution is 4.85. The summed E-state index contributed by atoms with van der Waals surface area (Å²) in [4.78, 5) is 2.70. The molecule has 0 aromatic rings. The number of hydrogen-bond donors (Lipinski definition) is 1. The second kappa shape index (κ2) is 4.84. The fraction of sp³-hybridized carbons (Fsp3) is 1.00. The lowest BCUT2D eigenvalue weighted by molar-refractivity contribution is 0.116. The highest BCUT2D eigenvalue weighted by Gasteiger charge is 2.29. The molecular formula is C13H26N2. The highest BCUT2D eigenvalue weighted by Crippen LogP contribution is 2.32. The fourth-order valence-corrected chi connectivity index (χ4v) is 3.15. The van der Waals surface area contributed by atoms with E-state index in [9.17, 15) is 0 Å². The number of rotatable bonds is 2. The minimum absolute atomic E-state index is 0.679. The Morgan fingerprint density at radius 3 is 2.67 bits per heavy atom. The third-order valence-corrected chi connectivity index (χ3v) is 4.40. The van der Waals surface area contributed by atoms with Crippen LogP contribution in [0.2, 0.25) is 0 Å². The van der Waals surface area contributed by atoms with Gasteiger partial charge in [0.1, 0.15) is 0 Å². The van der Waals surface area contributed by atoms with Crippen LogP contribution in [0.1, 0.15) is 40.0 Å². The molecule has 2 aliphatic rings. The van der Waals surface area contributed by atoms with E-state index in [4.69, 9.17) is 0 Å². The lowest BCUT2D eigenvalue weighted by Crippen LogP contribution is -2.55. The molecule has 2 rings (SSSR count). The molecule has 1 saturated heterocycles. The summed E-state index contributed by atoms with van der Waals surface area (Å²) in [7, 11) is 0.